The van der Waals surface area contributed by atoms with E-state index >= 15 is 0 Å². The zero-order valence-electron chi connectivity index (χ0n) is 12.7. The van der Waals surface area contributed by atoms with Crippen molar-refractivity contribution in [3.8, 4) is 0 Å². The summed E-state index contributed by atoms with van der Waals surface area (Å²) in [7, 11) is 1.83. The molecule has 1 aromatic carbocycles. The fourth-order valence-corrected chi connectivity index (χ4v) is 2.46. The lowest BCUT2D eigenvalue weighted by molar-refractivity contribution is 0.629. The first-order valence-corrected chi connectivity index (χ1v) is 7.13. The number of anilines is 4. The van der Waals surface area contributed by atoms with Crippen LogP contribution in [0.2, 0.25) is 0 Å². The third-order valence-corrected chi connectivity index (χ3v) is 3.58. The molecule has 4 aromatic rings. The maximum absolute atomic E-state index is 13.7. The molecule has 0 bridgehead atoms. The molecule has 8 nitrogen and oxygen atoms in total. The van der Waals surface area contributed by atoms with E-state index < -0.39 is 0 Å². The zero-order chi connectivity index (χ0) is 16.7. The minimum atomic E-state index is -0.363. The second kappa shape index (κ2) is 5.30. The number of H-pyrrole nitrogens is 1. The van der Waals surface area contributed by atoms with Crippen molar-refractivity contribution in [2.24, 2.45) is 7.05 Å². The minimum absolute atomic E-state index is 0.293. The topological polar surface area (TPSA) is 102 Å². The molecule has 0 aliphatic rings. The van der Waals surface area contributed by atoms with Crippen molar-refractivity contribution in [1.82, 2.24) is 29.7 Å². The Morgan fingerprint density at radius 2 is 2.08 bits per heavy atom. The lowest BCUT2D eigenvalue weighted by Gasteiger charge is -2.19. The average Bonchev–Trinajstić information content (AvgIpc) is 3.15. The molecule has 0 aliphatic heterocycles. The van der Waals surface area contributed by atoms with E-state index in [1.165, 1.54) is 12.1 Å². The van der Waals surface area contributed by atoms with Crippen LogP contribution in [0.3, 0.4) is 0 Å². The first-order chi connectivity index (χ1) is 11.6. The third-order valence-electron chi connectivity index (χ3n) is 3.58. The van der Waals surface area contributed by atoms with E-state index in [1.807, 2.05) is 7.05 Å². The number of nitrogen functional groups attached to an aromatic ring is 1. The van der Waals surface area contributed by atoms with Gasteiger partial charge in [0.2, 0.25) is 11.9 Å². The molecule has 3 heterocycles. The van der Waals surface area contributed by atoms with Crippen molar-refractivity contribution in [1.29, 1.82) is 0 Å². The minimum Gasteiger partial charge on any atom is -0.384 e. The fourth-order valence-electron chi connectivity index (χ4n) is 2.46. The number of aromatic nitrogens is 6. The molecular formula is C15H13FN8. The smallest absolute Gasteiger partial charge is 0.240 e. The zero-order valence-corrected chi connectivity index (χ0v) is 12.7. The Hall–Kier alpha value is -3.49. The highest BCUT2D eigenvalue weighted by Gasteiger charge is 2.24. The molecule has 0 radical (unpaired) electrons. The molecular weight excluding hydrogens is 311 g/mol. The number of nitrogens with two attached hydrogens (primary N) is 1. The highest BCUT2D eigenvalue weighted by atomic mass is 19.1. The van der Waals surface area contributed by atoms with Crippen molar-refractivity contribution >= 4 is 34.4 Å². The van der Waals surface area contributed by atoms with Gasteiger partial charge in [0.1, 0.15) is 11.6 Å². The number of aromatic amines is 1. The summed E-state index contributed by atoms with van der Waals surface area (Å²) < 4.78 is 15.5. The summed E-state index contributed by atoms with van der Waals surface area (Å²) in [6.45, 7) is 0. The number of nitrogens with zero attached hydrogens (tertiary/aromatic N) is 6. The molecule has 0 saturated heterocycles. The van der Waals surface area contributed by atoms with E-state index in [2.05, 4.69) is 25.1 Å². The number of fused-ring (bicyclic) bond motifs is 1. The first kappa shape index (κ1) is 14.1. The maximum atomic E-state index is 13.7. The van der Waals surface area contributed by atoms with Crippen LogP contribution >= 0.6 is 0 Å². The monoisotopic (exact) mass is 324 g/mol. The van der Waals surface area contributed by atoms with Gasteiger partial charge in [0.05, 0.1) is 5.52 Å². The molecule has 0 amide bonds. The summed E-state index contributed by atoms with van der Waals surface area (Å²) in [5.74, 6) is 1.20. The van der Waals surface area contributed by atoms with Gasteiger partial charge in [-0.05, 0) is 24.3 Å². The summed E-state index contributed by atoms with van der Waals surface area (Å²) in [4.78, 5) is 14.5. The molecule has 0 saturated carbocycles. The lowest BCUT2D eigenvalue weighted by Crippen LogP contribution is -2.18. The van der Waals surface area contributed by atoms with Gasteiger partial charge in [0.15, 0.2) is 5.82 Å². The number of aryl methyl sites for hydroxylation is 1. The van der Waals surface area contributed by atoms with Crippen LogP contribution in [0, 0.1) is 5.82 Å². The predicted molar refractivity (Wildman–Crippen MR) is 87.5 cm³/mol. The number of imidazole rings is 1. The van der Waals surface area contributed by atoms with E-state index in [0.29, 0.717) is 34.4 Å². The molecule has 0 aliphatic carbocycles. The molecule has 0 spiro atoms. The van der Waals surface area contributed by atoms with Gasteiger partial charge in [-0.3, -0.25) is 5.10 Å². The van der Waals surface area contributed by atoms with E-state index in [9.17, 15) is 4.39 Å². The van der Waals surface area contributed by atoms with Crippen LogP contribution in [0.25, 0.3) is 10.9 Å². The van der Waals surface area contributed by atoms with E-state index in [-0.39, 0.29) is 5.82 Å². The molecule has 0 fully saturated rings. The maximum Gasteiger partial charge on any atom is 0.240 e. The lowest BCUT2D eigenvalue weighted by atomic mass is 10.2. The summed E-state index contributed by atoms with van der Waals surface area (Å²) in [5, 5.41) is 7.77. The van der Waals surface area contributed by atoms with Crippen LogP contribution < -0.4 is 10.6 Å². The Bertz CT molecular complexity index is 1020. The summed E-state index contributed by atoms with van der Waals surface area (Å²) in [6.07, 6.45) is 4.97. The Morgan fingerprint density at radius 3 is 2.83 bits per heavy atom. The van der Waals surface area contributed by atoms with Crippen LogP contribution in [-0.2, 0) is 7.05 Å². The van der Waals surface area contributed by atoms with Gasteiger partial charge >= 0.3 is 0 Å². The standard InChI is InChI=1S/C15H13FN8/c1-23-7-6-19-15(23)24(14-18-5-4-12(17)20-14)13-10-8-9(16)2-3-11(10)21-22-13/h2-8H,1H3,(H,21,22)(H2,17,18,20). The Morgan fingerprint density at radius 1 is 1.21 bits per heavy atom. The van der Waals surface area contributed by atoms with Crippen LogP contribution in [0.5, 0.6) is 0 Å². The number of hydrogen-bond acceptors (Lipinski definition) is 6. The Labute approximate surface area is 135 Å². The number of rotatable bonds is 3. The van der Waals surface area contributed by atoms with Crippen molar-refractivity contribution in [2.75, 3.05) is 10.6 Å². The van der Waals surface area contributed by atoms with Crippen LogP contribution in [0.15, 0.2) is 42.9 Å². The predicted octanol–water partition coefficient (Wildman–Crippen LogP) is 2.28. The number of halogens is 1. The largest absolute Gasteiger partial charge is 0.384 e. The van der Waals surface area contributed by atoms with Gasteiger partial charge in [-0.25, -0.2) is 19.3 Å². The summed E-state index contributed by atoms with van der Waals surface area (Å²) in [6, 6.07) is 5.98. The third kappa shape index (κ3) is 2.22. The van der Waals surface area contributed by atoms with E-state index in [4.69, 9.17) is 5.73 Å². The molecule has 0 unspecified atom stereocenters. The molecule has 3 N–H and O–H groups in total. The average molecular weight is 324 g/mol. The van der Waals surface area contributed by atoms with Crippen molar-refractivity contribution in [2.45, 2.75) is 0 Å². The highest BCUT2D eigenvalue weighted by Crippen LogP contribution is 2.34. The van der Waals surface area contributed by atoms with Gasteiger partial charge in [-0.2, -0.15) is 10.1 Å². The van der Waals surface area contributed by atoms with Gasteiger partial charge < -0.3 is 10.3 Å². The molecule has 3 aromatic heterocycles. The van der Waals surface area contributed by atoms with Crippen LogP contribution in [0.4, 0.5) is 27.9 Å². The van der Waals surface area contributed by atoms with Crippen LogP contribution in [0.1, 0.15) is 0 Å². The van der Waals surface area contributed by atoms with Crippen molar-refractivity contribution < 1.29 is 4.39 Å². The van der Waals surface area contributed by atoms with Crippen LogP contribution in [-0.4, -0.2) is 29.7 Å². The second-order valence-corrected chi connectivity index (χ2v) is 5.19. The first-order valence-electron chi connectivity index (χ1n) is 7.13. The molecule has 120 valence electrons. The summed E-state index contributed by atoms with van der Waals surface area (Å²) >= 11 is 0. The van der Waals surface area contributed by atoms with Crippen molar-refractivity contribution in [3.63, 3.8) is 0 Å². The molecule has 4 rings (SSSR count). The van der Waals surface area contributed by atoms with E-state index in [1.54, 1.807) is 40.2 Å². The number of benzene rings is 1. The molecule has 0 atom stereocenters. The quantitative estimate of drug-likeness (QED) is 0.599. The summed E-state index contributed by atoms with van der Waals surface area (Å²) in [5.41, 5.74) is 6.47. The Balaban J connectivity index is 1.99. The van der Waals surface area contributed by atoms with Gasteiger partial charge in [-0.1, -0.05) is 0 Å². The molecule has 24 heavy (non-hydrogen) atoms. The van der Waals surface area contributed by atoms with E-state index in [0.717, 1.165) is 0 Å². The van der Waals surface area contributed by atoms with Gasteiger partial charge in [0.25, 0.3) is 0 Å². The van der Waals surface area contributed by atoms with Gasteiger partial charge in [-0.15, -0.1) is 0 Å². The molecule has 9 heteroatoms. The normalized spacial score (nSPS) is 11.1. The number of nitrogens with one attached hydrogen (secondary N) is 1. The highest BCUT2D eigenvalue weighted by molar-refractivity contribution is 5.93. The van der Waals surface area contributed by atoms with Crippen molar-refractivity contribution in [3.05, 3.63) is 48.7 Å². The Kier molecular flexibility index (Phi) is 3.12. The number of hydrogen-bond donors (Lipinski definition) is 2. The SMILES string of the molecule is Cn1ccnc1N(c1nccc(N)n1)c1n[nH]c2ccc(F)cc12. The fraction of sp³-hybridized carbons (Fsp3) is 0.0667. The van der Waals surface area contributed by atoms with Gasteiger partial charge in [0, 0.05) is 31.0 Å². The second-order valence-electron chi connectivity index (χ2n) is 5.19.